The van der Waals surface area contributed by atoms with Gasteiger partial charge in [-0.2, -0.15) is 0 Å². The number of nitrogens with one attached hydrogen (secondary N) is 2. The van der Waals surface area contributed by atoms with Crippen LogP contribution in [-0.4, -0.2) is 36.7 Å². The SMILES string of the molecule is CN(C)CC1CCc2c(ccc(NC(=O)Nc3ccc(Oc4ccccc4)cc3)c2CO)C1. The van der Waals surface area contributed by atoms with Crippen LogP contribution in [0.5, 0.6) is 11.5 Å². The van der Waals surface area contributed by atoms with E-state index in [2.05, 4.69) is 35.7 Å². The maximum Gasteiger partial charge on any atom is 0.323 e. The van der Waals surface area contributed by atoms with Gasteiger partial charge < -0.3 is 25.4 Å². The van der Waals surface area contributed by atoms with Crippen LogP contribution < -0.4 is 15.4 Å². The number of nitrogens with zero attached hydrogens (tertiary/aromatic N) is 1. The van der Waals surface area contributed by atoms with E-state index in [0.29, 0.717) is 23.0 Å². The quantitative estimate of drug-likeness (QED) is 0.462. The molecule has 1 atom stereocenters. The summed E-state index contributed by atoms with van der Waals surface area (Å²) >= 11 is 0. The molecular weight excluding hydrogens is 414 g/mol. The lowest BCUT2D eigenvalue weighted by molar-refractivity contribution is 0.261. The van der Waals surface area contributed by atoms with Crippen molar-refractivity contribution < 1.29 is 14.6 Å². The zero-order valence-electron chi connectivity index (χ0n) is 19.2. The van der Waals surface area contributed by atoms with Gasteiger partial charge >= 0.3 is 6.03 Å². The highest BCUT2D eigenvalue weighted by atomic mass is 16.5. The lowest BCUT2D eigenvalue weighted by Gasteiger charge is -2.29. The Morgan fingerprint density at radius 1 is 1.00 bits per heavy atom. The van der Waals surface area contributed by atoms with Crippen molar-refractivity contribution in [2.75, 3.05) is 31.3 Å². The summed E-state index contributed by atoms with van der Waals surface area (Å²) in [6, 6.07) is 20.4. The predicted molar refractivity (Wildman–Crippen MR) is 132 cm³/mol. The van der Waals surface area contributed by atoms with Crippen molar-refractivity contribution in [3.05, 3.63) is 83.4 Å². The molecule has 0 aromatic heterocycles. The molecule has 6 nitrogen and oxygen atoms in total. The summed E-state index contributed by atoms with van der Waals surface area (Å²) in [4.78, 5) is 14.9. The number of hydrogen-bond donors (Lipinski definition) is 3. The van der Waals surface area contributed by atoms with Crippen molar-refractivity contribution in [3.8, 4) is 11.5 Å². The summed E-state index contributed by atoms with van der Waals surface area (Å²) in [5.41, 5.74) is 4.58. The molecule has 33 heavy (non-hydrogen) atoms. The molecule has 4 rings (SSSR count). The summed E-state index contributed by atoms with van der Waals surface area (Å²) in [6.07, 6.45) is 3.01. The number of amides is 2. The molecular formula is C27H31N3O3. The third-order valence-electron chi connectivity index (χ3n) is 5.96. The molecule has 2 amide bonds. The topological polar surface area (TPSA) is 73.8 Å². The molecule has 3 N–H and O–H groups in total. The fraction of sp³-hybridized carbons (Fsp3) is 0.296. The van der Waals surface area contributed by atoms with E-state index >= 15 is 0 Å². The summed E-state index contributed by atoms with van der Waals surface area (Å²) < 4.78 is 5.79. The molecule has 3 aromatic rings. The molecule has 0 aliphatic heterocycles. The van der Waals surface area contributed by atoms with Gasteiger partial charge in [0, 0.05) is 23.5 Å². The largest absolute Gasteiger partial charge is 0.457 e. The molecule has 172 valence electrons. The second-order valence-electron chi connectivity index (χ2n) is 8.78. The Morgan fingerprint density at radius 2 is 1.73 bits per heavy atom. The Labute approximate surface area is 195 Å². The Bertz CT molecular complexity index is 1080. The molecule has 0 saturated heterocycles. The van der Waals surface area contributed by atoms with E-state index in [9.17, 15) is 9.90 Å². The van der Waals surface area contributed by atoms with Gasteiger partial charge in [0.25, 0.3) is 0 Å². The van der Waals surface area contributed by atoms with Crippen LogP contribution in [0.3, 0.4) is 0 Å². The van der Waals surface area contributed by atoms with Crippen LogP contribution in [0.4, 0.5) is 16.2 Å². The molecule has 0 bridgehead atoms. The van der Waals surface area contributed by atoms with Gasteiger partial charge in [-0.1, -0.05) is 24.3 Å². The highest BCUT2D eigenvalue weighted by Crippen LogP contribution is 2.33. The van der Waals surface area contributed by atoms with Gasteiger partial charge in [-0.05, 0) is 92.9 Å². The summed E-state index contributed by atoms with van der Waals surface area (Å²) in [6.45, 7) is 0.966. The molecule has 0 spiro atoms. The molecule has 6 heteroatoms. The highest BCUT2D eigenvalue weighted by molar-refractivity contribution is 6.00. The van der Waals surface area contributed by atoms with Crippen LogP contribution in [0, 0.1) is 5.92 Å². The Balaban J connectivity index is 1.39. The molecule has 1 aliphatic rings. The van der Waals surface area contributed by atoms with E-state index in [1.54, 1.807) is 12.1 Å². The number of fused-ring (bicyclic) bond motifs is 1. The Morgan fingerprint density at radius 3 is 2.42 bits per heavy atom. The first-order chi connectivity index (χ1) is 16.0. The number of carbonyl (C=O) groups excluding carboxylic acids is 1. The van der Waals surface area contributed by atoms with Gasteiger partial charge in [-0.15, -0.1) is 0 Å². The first kappa shape index (κ1) is 22.8. The summed E-state index contributed by atoms with van der Waals surface area (Å²) in [5.74, 6) is 2.07. The fourth-order valence-electron chi connectivity index (χ4n) is 4.49. The number of aliphatic hydroxyl groups excluding tert-OH is 1. The van der Waals surface area contributed by atoms with Crippen LogP contribution in [0.25, 0.3) is 0 Å². The molecule has 0 saturated carbocycles. The molecule has 0 fully saturated rings. The number of ether oxygens (including phenoxy) is 1. The summed E-state index contributed by atoms with van der Waals surface area (Å²) in [5, 5.41) is 15.8. The third kappa shape index (κ3) is 5.92. The zero-order chi connectivity index (χ0) is 23.2. The molecule has 1 aliphatic carbocycles. The average Bonchev–Trinajstić information content (AvgIpc) is 2.80. The molecule has 1 unspecified atom stereocenters. The molecule has 0 heterocycles. The van der Waals surface area contributed by atoms with Gasteiger partial charge in [0.15, 0.2) is 0 Å². The third-order valence-corrected chi connectivity index (χ3v) is 5.96. The maximum absolute atomic E-state index is 12.6. The first-order valence-electron chi connectivity index (χ1n) is 11.3. The smallest absolute Gasteiger partial charge is 0.323 e. The first-order valence-corrected chi connectivity index (χ1v) is 11.3. The van der Waals surface area contributed by atoms with E-state index in [1.165, 1.54) is 11.1 Å². The highest BCUT2D eigenvalue weighted by Gasteiger charge is 2.23. The van der Waals surface area contributed by atoms with Crippen molar-refractivity contribution in [1.29, 1.82) is 0 Å². The lowest BCUT2D eigenvalue weighted by Crippen LogP contribution is -2.27. The van der Waals surface area contributed by atoms with Crippen LogP contribution in [0.15, 0.2) is 66.7 Å². The van der Waals surface area contributed by atoms with Crippen molar-refractivity contribution >= 4 is 17.4 Å². The van der Waals surface area contributed by atoms with Gasteiger partial charge in [0.1, 0.15) is 11.5 Å². The Hall–Kier alpha value is -3.35. The normalized spacial score (nSPS) is 15.1. The molecule has 3 aromatic carbocycles. The van der Waals surface area contributed by atoms with Gasteiger partial charge in [-0.3, -0.25) is 0 Å². The minimum atomic E-state index is -0.345. The van der Waals surface area contributed by atoms with E-state index < -0.39 is 0 Å². The number of carbonyl (C=O) groups is 1. The van der Waals surface area contributed by atoms with Crippen LogP contribution in [-0.2, 0) is 19.4 Å². The zero-order valence-corrected chi connectivity index (χ0v) is 19.2. The van der Waals surface area contributed by atoms with Gasteiger partial charge in [0.2, 0.25) is 0 Å². The van der Waals surface area contributed by atoms with Crippen LogP contribution in [0.1, 0.15) is 23.1 Å². The van der Waals surface area contributed by atoms with Crippen LogP contribution >= 0.6 is 0 Å². The number of urea groups is 1. The predicted octanol–water partition coefficient (Wildman–Crippen LogP) is 5.28. The van der Waals surface area contributed by atoms with E-state index in [1.807, 2.05) is 48.5 Å². The van der Waals surface area contributed by atoms with Crippen LogP contribution in [0.2, 0.25) is 0 Å². The van der Waals surface area contributed by atoms with E-state index in [-0.39, 0.29) is 12.6 Å². The number of anilines is 2. The van der Waals surface area contributed by atoms with Gasteiger partial charge in [0.05, 0.1) is 6.61 Å². The van der Waals surface area contributed by atoms with Crippen molar-refractivity contribution in [3.63, 3.8) is 0 Å². The minimum Gasteiger partial charge on any atom is -0.457 e. The van der Waals surface area contributed by atoms with E-state index in [0.717, 1.165) is 37.1 Å². The lowest BCUT2D eigenvalue weighted by atomic mass is 9.81. The molecule has 0 radical (unpaired) electrons. The fourth-order valence-corrected chi connectivity index (χ4v) is 4.49. The van der Waals surface area contributed by atoms with Crippen molar-refractivity contribution in [2.24, 2.45) is 5.92 Å². The van der Waals surface area contributed by atoms with E-state index in [4.69, 9.17) is 4.74 Å². The van der Waals surface area contributed by atoms with Crippen molar-refractivity contribution in [2.45, 2.75) is 25.9 Å². The maximum atomic E-state index is 12.6. The second-order valence-corrected chi connectivity index (χ2v) is 8.78. The summed E-state index contributed by atoms with van der Waals surface area (Å²) in [7, 11) is 4.20. The number of benzene rings is 3. The Kier molecular flexibility index (Phi) is 7.27. The standard InChI is InChI=1S/C27H31N3O3/c1-30(2)17-19-8-14-24-20(16-19)9-15-26(25(24)18-31)29-27(32)28-21-10-12-23(13-11-21)33-22-6-4-3-5-7-22/h3-7,9-13,15,19,31H,8,14,16-18H2,1-2H3,(H2,28,29,32). The number of para-hydroxylation sites is 1. The number of hydrogen-bond acceptors (Lipinski definition) is 4. The minimum absolute atomic E-state index is 0.0946. The second kappa shape index (κ2) is 10.5. The monoisotopic (exact) mass is 445 g/mol. The average molecular weight is 446 g/mol. The number of rotatable bonds is 7. The van der Waals surface area contributed by atoms with Gasteiger partial charge in [-0.25, -0.2) is 4.79 Å². The van der Waals surface area contributed by atoms with Crippen molar-refractivity contribution in [1.82, 2.24) is 4.90 Å². The number of aliphatic hydroxyl groups is 1.